The van der Waals surface area contributed by atoms with Crippen molar-refractivity contribution in [3.05, 3.63) is 23.2 Å². The number of ether oxygens (including phenoxy) is 1. The maximum Gasteiger partial charge on any atom is 0.409 e. The minimum Gasteiger partial charge on any atom is -0.449 e. The lowest BCUT2D eigenvalue weighted by atomic mass is 9.96. The van der Waals surface area contributed by atoms with E-state index in [9.17, 15) is 9.59 Å². The molecule has 2 heterocycles. The highest BCUT2D eigenvalue weighted by molar-refractivity contribution is 6.31. The Labute approximate surface area is 163 Å². The molecule has 3 rings (SSSR count). The van der Waals surface area contributed by atoms with Crippen molar-refractivity contribution in [2.45, 2.75) is 26.7 Å². The Morgan fingerprint density at radius 2 is 2.04 bits per heavy atom. The third-order valence-electron chi connectivity index (χ3n) is 4.74. The number of nitrogens with zero attached hydrogens (tertiary/aromatic N) is 3. The first-order valence-electron chi connectivity index (χ1n) is 9.19. The van der Waals surface area contributed by atoms with Crippen molar-refractivity contribution in [3.63, 3.8) is 0 Å². The average molecular weight is 393 g/mol. The van der Waals surface area contributed by atoms with Crippen molar-refractivity contribution in [2.75, 3.05) is 25.0 Å². The molecule has 0 aliphatic carbocycles. The van der Waals surface area contributed by atoms with Gasteiger partial charge in [-0.3, -0.25) is 10.1 Å². The smallest absolute Gasteiger partial charge is 0.409 e. The fraction of sp³-hybridized carbons (Fsp3) is 0.526. The second-order valence-electron chi connectivity index (χ2n) is 7.35. The molecule has 1 aliphatic rings. The van der Waals surface area contributed by atoms with E-state index in [4.69, 9.17) is 16.3 Å². The molecule has 0 saturated carbocycles. The van der Waals surface area contributed by atoms with Crippen LogP contribution in [0.5, 0.6) is 0 Å². The van der Waals surface area contributed by atoms with Gasteiger partial charge in [0.15, 0.2) is 0 Å². The van der Waals surface area contributed by atoms with Crippen LogP contribution in [0.15, 0.2) is 18.2 Å². The summed E-state index contributed by atoms with van der Waals surface area (Å²) in [6.07, 6.45) is 0.923. The van der Waals surface area contributed by atoms with E-state index in [0.717, 1.165) is 11.0 Å². The number of aryl methyl sites for hydroxylation is 1. The fourth-order valence-corrected chi connectivity index (χ4v) is 3.32. The van der Waals surface area contributed by atoms with Crippen molar-refractivity contribution in [1.82, 2.24) is 14.5 Å². The Morgan fingerprint density at radius 3 is 2.70 bits per heavy atom. The van der Waals surface area contributed by atoms with E-state index in [1.807, 2.05) is 31.5 Å². The van der Waals surface area contributed by atoms with Crippen molar-refractivity contribution >= 4 is 40.6 Å². The van der Waals surface area contributed by atoms with Crippen LogP contribution in [-0.2, 0) is 16.6 Å². The Morgan fingerprint density at radius 1 is 1.33 bits per heavy atom. The Balaban J connectivity index is 1.57. The Bertz CT molecular complexity index is 841. The molecule has 2 amide bonds. The van der Waals surface area contributed by atoms with Gasteiger partial charge in [-0.05, 0) is 37.0 Å². The number of carbonyl (C=O) groups excluding carboxylic acids is 2. The fourth-order valence-electron chi connectivity index (χ4n) is 3.15. The van der Waals surface area contributed by atoms with Crippen molar-refractivity contribution in [1.29, 1.82) is 0 Å². The number of fused-ring (bicyclic) bond motifs is 1. The molecule has 2 aromatic rings. The van der Waals surface area contributed by atoms with E-state index in [-0.39, 0.29) is 17.9 Å². The first-order valence-corrected chi connectivity index (χ1v) is 9.57. The molecule has 1 saturated heterocycles. The highest BCUT2D eigenvalue weighted by atomic mass is 35.5. The molecule has 0 atom stereocenters. The molecular weight excluding hydrogens is 368 g/mol. The molecule has 146 valence electrons. The number of amides is 2. The van der Waals surface area contributed by atoms with Crippen LogP contribution < -0.4 is 5.32 Å². The molecule has 1 N–H and O–H groups in total. The highest BCUT2D eigenvalue weighted by Crippen LogP contribution is 2.24. The largest absolute Gasteiger partial charge is 0.449 e. The lowest BCUT2D eigenvalue weighted by Gasteiger charge is -2.30. The Hall–Kier alpha value is -2.28. The zero-order chi connectivity index (χ0) is 19.6. The highest BCUT2D eigenvalue weighted by Gasteiger charge is 2.29. The summed E-state index contributed by atoms with van der Waals surface area (Å²) < 4.78 is 7.09. The number of carbonyl (C=O) groups is 2. The van der Waals surface area contributed by atoms with Gasteiger partial charge in [0.1, 0.15) is 0 Å². The van der Waals surface area contributed by atoms with E-state index in [1.54, 1.807) is 17.0 Å². The minimum absolute atomic E-state index is 0.0744. The molecule has 0 spiro atoms. The van der Waals surface area contributed by atoms with Crippen LogP contribution in [0.4, 0.5) is 10.7 Å². The number of halogens is 1. The monoisotopic (exact) mass is 392 g/mol. The van der Waals surface area contributed by atoms with Gasteiger partial charge in [-0.25, -0.2) is 9.78 Å². The van der Waals surface area contributed by atoms with E-state index < -0.39 is 0 Å². The van der Waals surface area contributed by atoms with Crippen LogP contribution in [0.25, 0.3) is 11.0 Å². The number of piperidine rings is 1. The SMILES string of the molecule is CC(C)COC(=O)N1CCC(C(=O)Nc2nc3cc(Cl)ccc3n2C)CC1. The molecule has 1 aromatic carbocycles. The summed E-state index contributed by atoms with van der Waals surface area (Å²) in [7, 11) is 1.85. The molecule has 27 heavy (non-hydrogen) atoms. The number of imidazole rings is 1. The number of hydrogen-bond acceptors (Lipinski definition) is 4. The van der Waals surface area contributed by atoms with Crippen LogP contribution >= 0.6 is 11.6 Å². The van der Waals surface area contributed by atoms with Gasteiger partial charge in [-0.1, -0.05) is 25.4 Å². The normalized spacial score (nSPS) is 15.4. The quantitative estimate of drug-likeness (QED) is 0.861. The first kappa shape index (κ1) is 19.5. The number of likely N-dealkylation sites (tertiary alicyclic amines) is 1. The van der Waals surface area contributed by atoms with Crippen LogP contribution in [0.3, 0.4) is 0 Å². The second-order valence-corrected chi connectivity index (χ2v) is 7.79. The van der Waals surface area contributed by atoms with Crippen LogP contribution in [0.2, 0.25) is 5.02 Å². The van der Waals surface area contributed by atoms with Gasteiger partial charge in [0.2, 0.25) is 11.9 Å². The lowest BCUT2D eigenvalue weighted by molar-refractivity contribution is -0.121. The average Bonchev–Trinajstić information content (AvgIpc) is 2.94. The summed E-state index contributed by atoms with van der Waals surface area (Å²) in [5, 5.41) is 3.51. The van der Waals surface area contributed by atoms with E-state index in [0.29, 0.717) is 49.4 Å². The van der Waals surface area contributed by atoms with Crippen molar-refractivity contribution in [3.8, 4) is 0 Å². The maximum absolute atomic E-state index is 12.6. The molecule has 1 fully saturated rings. The number of nitrogens with one attached hydrogen (secondary N) is 1. The lowest BCUT2D eigenvalue weighted by Crippen LogP contribution is -2.42. The summed E-state index contributed by atoms with van der Waals surface area (Å²) in [6, 6.07) is 5.45. The molecule has 7 nitrogen and oxygen atoms in total. The third kappa shape index (κ3) is 4.53. The summed E-state index contributed by atoms with van der Waals surface area (Å²) in [5.74, 6) is 0.578. The van der Waals surface area contributed by atoms with Crippen LogP contribution in [-0.4, -0.2) is 46.1 Å². The number of rotatable bonds is 4. The van der Waals surface area contributed by atoms with Gasteiger partial charge in [0.05, 0.1) is 17.6 Å². The molecule has 1 aromatic heterocycles. The number of hydrogen-bond donors (Lipinski definition) is 1. The molecule has 0 unspecified atom stereocenters. The van der Waals surface area contributed by atoms with Crippen molar-refractivity contribution in [2.24, 2.45) is 18.9 Å². The zero-order valence-electron chi connectivity index (χ0n) is 15.9. The van der Waals surface area contributed by atoms with E-state index in [1.165, 1.54) is 0 Å². The molecule has 8 heteroatoms. The summed E-state index contributed by atoms with van der Waals surface area (Å²) in [5.41, 5.74) is 1.64. The molecule has 0 radical (unpaired) electrons. The number of aromatic nitrogens is 2. The van der Waals surface area contributed by atoms with E-state index in [2.05, 4.69) is 10.3 Å². The minimum atomic E-state index is -0.296. The Kier molecular flexibility index (Phi) is 5.89. The standard InChI is InChI=1S/C19H25ClN4O3/c1-12(2)11-27-19(26)24-8-6-13(7-9-24)17(25)22-18-21-15-10-14(20)4-5-16(15)23(18)3/h4-5,10,12-13H,6-9,11H2,1-3H3,(H,21,22,25). The zero-order valence-corrected chi connectivity index (χ0v) is 16.6. The van der Waals surface area contributed by atoms with Crippen LogP contribution in [0, 0.1) is 11.8 Å². The second kappa shape index (κ2) is 8.17. The topological polar surface area (TPSA) is 76.5 Å². The van der Waals surface area contributed by atoms with Crippen molar-refractivity contribution < 1.29 is 14.3 Å². The van der Waals surface area contributed by atoms with Gasteiger partial charge in [0.25, 0.3) is 0 Å². The summed E-state index contributed by atoms with van der Waals surface area (Å²) in [6.45, 7) is 5.45. The predicted molar refractivity (Wildman–Crippen MR) is 105 cm³/mol. The first-order chi connectivity index (χ1) is 12.8. The maximum atomic E-state index is 12.6. The van der Waals surface area contributed by atoms with E-state index >= 15 is 0 Å². The van der Waals surface area contributed by atoms with Gasteiger partial charge in [0, 0.05) is 31.1 Å². The predicted octanol–water partition coefficient (Wildman–Crippen LogP) is 3.67. The molecule has 1 aliphatic heterocycles. The van der Waals surface area contributed by atoms with Gasteiger partial charge in [-0.15, -0.1) is 0 Å². The number of anilines is 1. The number of benzene rings is 1. The summed E-state index contributed by atoms with van der Waals surface area (Å²) in [4.78, 5) is 30.8. The summed E-state index contributed by atoms with van der Waals surface area (Å²) >= 11 is 6.01. The van der Waals surface area contributed by atoms with Crippen LogP contribution in [0.1, 0.15) is 26.7 Å². The van der Waals surface area contributed by atoms with Gasteiger partial charge < -0.3 is 14.2 Å². The molecule has 0 bridgehead atoms. The van der Waals surface area contributed by atoms with Gasteiger partial charge in [-0.2, -0.15) is 0 Å². The van der Waals surface area contributed by atoms with Gasteiger partial charge >= 0.3 is 6.09 Å². The third-order valence-corrected chi connectivity index (χ3v) is 4.98. The molecular formula is C19H25ClN4O3.